The first-order valence-corrected chi connectivity index (χ1v) is 14.6. The molecule has 3 aromatic rings. The number of benzene rings is 2. The molecule has 0 radical (unpaired) electrons. The second kappa shape index (κ2) is 12.3. The first-order valence-electron chi connectivity index (χ1n) is 13.8. The number of amides is 1. The summed E-state index contributed by atoms with van der Waals surface area (Å²) in [6.07, 6.45) is 1.93. The molecule has 41 heavy (non-hydrogen) atoms. The van der Waals surface area contributed by atoms with Gasteiger partial charge in [0.2, 0.25) is 0 Å². The summed E-state index contributed by atoms with van der Waals surface area (Å²) < 4.78 is 10.9. The molecule has 1 aromatic heterocycles. The van der Waals surface area contributed by atoms with Crippen LogP contribution in [0.1, 0.15) is 85.6 Å². The van der Waals surface area contributed by atoms with Crippen LogP contribution in [0, 0.1) is 6.92 Å². The van der Waals surface area contributed by atoms with E-state index >= 15 is 0 Å². The lowest BCUT2D eigenvalue weighted by Crippen LogP contribution is -2.29. The first kappa shape index (κ1) is 30.0. The summed E-state index contributed by atoms with van der Waals surface area (Å²) in [5.41, 5.74) is 2.32. The van der Waals surface area contributed by atoms with E-state index in [-0.39, 0.29) is 33.4 Å². The van der Waals surface area contributed by atoms with Gasteiger partial charge in [-0.25, -0.2) is 9.78 Å². The van der Waals surface area contributed by atoms with Crippen LogP contribution in [0.4, 0.5) is 5.13 Å². The third-order valence-corrected chi connectivity index (χ3v) is 8.02. The molecule has 1 saturated heterocycles. The Kier molecular flexibility index (Phi) is 8.97. The van der Waals surface area contributed by atoms with E-state index in [2.05, 4.69) is 32.7 Å². The highest BCUT2D eigenvalue weighted by Gasteiger charge is 2.48. The average Bonchev–Trinajstić information content (AvgIpc) is 3.45. The predicted molar refractivity (Wildman–Crippen MR) is 160 cm³/mol. The zero-order valence-corrected chi connectivity index (χ0v) is 25.1. The van der Waals surface area contributed by atoms with E-state index in [0.717, 1.165) is 29.7 Å². The van der Waals surface area contributed by atoms with Gasteiger partial charge in [-0.3, -0.25) is 14.5 Å². The SMILES string of the molecule is CCCCOc1ccc(/C(O)=C2\C(=O)C(=O)N(c3nc(C)c(C(=O)OCC)s3)C2c2ccc(C(C)(C)C)cc2)cc1. The predicted octanol–water partition coefficient (Wildman–Crippen LogP) is 6.73. The monoisotopic (exact) mass is 576 g/mol. The number of ether oxygens (including phenoxy) is 2. The van der Waals surface area contributed by atoms with Gasteiger partial charge in [0.25, 0.3) is 5.78 Å². The van der Waals surface area contributed by atoms with E-state index in [1.54, 1.807) is 38.1 Å². The minimum absolute atomic E-state index is 0.0521. The van der Waals surface area contributed by atoms with E-state index in [4.69, 9.17) is 9.47 Å². The third kappa shape index (κ3) is 6.20. The van der Waals surface area contributed by atoms with Crippen molar-refractivity contribution in [2.24, 2.45) is 0 Å². The number of hydrogen-bond acceptors (Lipinski definition) is 8. The Bertz CT molecular complexity index is 1470. The molecule has 2 aromatic carbocycles. The van der Waals surface area contributed by atoms with Crippen molar-refractivity contribution in [3.05, 3.63) is 81.4 Å². The highest BCUT2D eigenvalue weighted by Crippen LogP contribution is 2.44. The quantitative estimate of drug-likeness (QED) is 0.0990. The van der Waals surface area contributed by atoms with E-state index < -0.39 is 23.7 Å². The number of carbonyl (C=O) groups is 3. The number of esters is 1. The van der Waals surface area contributed by atoms with Crippen LogP contribution in [0.2, 0.25) is 0 Å². The molecule has 0 spiro atoms. The van der Waals surface area contributed by atoms with Crippen molar-refractivity contribution in [1.82, 2.24) is 4.98 Å². The second-order valence-corrected chi connectivity index (χ2v) is 11.9. The Morgan fingerprint density at radius 1 is 1.05 bits per heavy atom. The van der Waals surface area contributed by atoms with Gasteiger partial charge in [-0.15, -0.1) is 0 Å². The molecule has 1 unspecified atom stereocenters. The Morgan fingerprint density at radius 2 is 1.71 bits per heavy atom. The molecule has 0 saturated carbocycles. The fraction of sp³-hybridized carbons (Fsp3) is 0.375. The first-order chi connectivity index (χ1) is 19.5. The number of aryl methyl sites for hydroxylation is 1. The molecule has 9 heteroatoms. The summed E-state index contributed by atoms with van der Waals surface area (Å²) in [5.74, 6) is -1.86. The van der Waals surface area contributed by atoms with E-state index in [1.807, 2.05) is 24.3 Å². The molecule has 1 fully saturated rings. The Labute approximate surface area is 244 Å². The number of hydrogen-bond donors (Lipinski definition) is 1. The largest absolute Gasteiger partial charge is 0.507 e. The second-order valence-electron chi connectivity index (χ2n) is 10.9. The molecule has 1 aliphatic heterocycles. The maximum absolute atomic E-state index is 13.5. The number of nitrogens with zero attached hydrogens (tertiary/aromatic N) is 2. The van der Waals surface area contributed by atoms with Crippen LogP contribution < -0.4 is 9.64 Å². The number of rotatable bonds is 9. The maximum Gasteiger partial charge on any atom is 0.350 e. The van der Waals surface area contributed by atoms with Crippen LogP contribution in [-0.2, 0) is 19.7 Å². The molecule has 8 nitrogen and oxygen atoms in total. The fourth-order valence-corrected chi connectivity index (χ4v) is 5.57. The van der Waals surface area contributed by atoms with Crippen LogP contribution >= 0.6 is 11.3 Å². The van der Waals surface area contributed by atoms with Gasteiger partial charge in [0.1, 0.15) is 16.4 Å². The molecule has 1 aliphatic rings. The fourth-order valence-electron chi connectivity index (χ4n) is 4.58. The number of aliphatic hydroxyl groups excluding tert-OH is 1. The number of thiazole rings is 1. The van der Waals surface area contributed by atoms with Crippen molar-refractivity contribution in [2.75, 3.05) is 18.1 Å². The number of aromatic nitrogens is 1. The zero-order valence-electron chi connectivity index (χ0n) is 24.3. The van der Waals surface area contributed by atoms with Crippen LogP contribution in [0.25, 0.3) is 5.76 Å². The van der Waals surface area contributed by atoms with Gasteiger partial charge in [-0.1, -0.05) is 69.7 Å². The summed E-state index contributed by atoms with van der Waals surface area (Å²) in [7, 11) is 0. The standard InChI is InChI=1S/C32H36N2O6S/c1-7-9-18-40-23-16-12-21(13-17-23)26(35)24-25(20-10-14-22(15-11-20)32(4,5)6)34(29(37)27(24)36)31-33-19(3)28(41-31)30(38)39-8-2/h10-17,25,35H,7-9,18H2,1-6H3/b26-24+. The lowest BCUT2D eigenvalue weighted by Gasteiger charge is -2.24. The highest BCUT2D eigenvalue weighted by molar-refractivity contribution is 7.17. The van der Waals surface area contributed by atoms with Gasteiger partial charge in [-0.2, -0.15) is 0 Å². The number of Topliss-reactive ketones (excluding diaryl/α,β-unsaturated/α-hetero) is 1. The molecular formula is C32H36N2O6S. The van der Waals surface area contributed by atoms with Crippen molar-refractivity contribution >= 4 is 39.9 Å². The van der Waals surface area contributed by atoms with Crippen molar-refractivity contribution in [3.63, 3.8) is 0 Å². The minimum atomic E-state index is -0.954. The van der Waals surface area contributed by atoms with Crippen LogP contribution in [0.3, 0.4) is 0 Å². The Morgan fingerprint density at radius 3 is 2.29 bits per heavy atom. The minimum Gasteiger partial charge on any atom is -0.507 e. The molecular weight excluding hydrogens is 540 g/mol. The maximum atomic E-state index is 13.5. The summed E-state index contributed by atoms with van der Waals surface area (Å²) >= 11 is 0.984. The van der Waals surface area contributed by atoms with Crippen LogP contribution in [-0.4, -0.2) is 41.0 Å². The molecule has 1 atom stereocenters. The summed E-state index contributed by atoms with van der Waals surface area (Å²) in [5, 5.41) is 11.6. The Balaban J connectivity index is 1.83. The summed E-state index contributed by atoms with van der Waals surface area (Å²) in [4.78, 5) is 45.6. The van der Waals surface area contributed by atoms with Crippen molar-refractivity contribution in [1.29, 1.82) is 0 Å². The van der Waals surface area contributed by atoms with Gasteiger partial charge in [0, 0.05) is 5.56 Å². The van der Waals surface area contributed by atoms with Crippen molar-refractivity contribution < 1.29 is 29.0 Å². The molecule has 4 rings (SSSR count). The molecule has 216 valence electrons. The van der Waals surface area contributed by atoms with Gasteiger partial charge in [-0.05, 0) is 61.1 Å². The number of ketones is 1. The summed E-state index contributed by atoms with van der Waals surface area (Å²) in [6.45, 7) is 12.5. The topological polar surface area (TPSA) is 106 Å². The van der Waals surface area contributed by atoms with Crippen molar-refractivity contribution in [3.8, 4) is 5.75 Å². The number of carbonyl (C=O) groups excluding carboxylic acids is 3. The molecule has 0 bridgehead atoms. The highest BCUT2D eigenvalue weighted by atomic mass is 32.1. The molecule has 2 heterocycles. The lowest BCUT2D eigenvalue weighted by molar-refractivity contribution is -0.132. The van der Waals surface area contributed by atoms with E-state index in [0.29, 0.717) is 29.2 Å². The normalized spacial score (nSPS) is 16.7. The molecule has 1 N–H and O–H groups in total. The number of anilines is 1. The van der Waals surface area contributed by atoms with Gasteiger partial charge < -0.3 is 14.6 Å². The van der Waals surface area contributed by atoms with Gasteiger partial charge in [0.05, 0.1) is 30.5 Å². The number of unbranched alkanes of at least 4 members (excludes halogenated alkanes) is 1. The smallest absolute Gasteiger partial charge is 0.350 e. The third-order valence-electron chi connectivity index (χ3n) is 6.88. The molecule has 1 amide bonds. The van der Waals surface area contributed by atoms with E-state index in [1.165, 1.54) is 4.90 Å². The van der Waals surface area contributed by atoms with Crippen LogP contribution in [0.15, 0.2) is 54.1 Å². The average molecular weight is 577 g/mol. The summed E-state index contributed by atoms with van der Waals surface area (Å²) in [6, 6.07) is 13.4. The lowest BCUT2D eigenvalue weighted by atomic mass is 9.85. The zero-order chi connectivity index (χ0) is 29.9. The Hall–Kier alpha value is -3.98. The van der Waals surface area contributed by atoms with Gasteiger partial charge in [0.15, 0.2) is 5.13 Å². The van der Waals surface area contributed by atoms with Crippen LogP contribution in [0.5, 0.6) is 5.75 Å². The van der Waals surface area contributed by atoms with Crippen molar-refractivity contribution in [2.45, 2.75) is 65.8 Å². The van der Waals surface area contributed by atoms with E-state index in [9.17, 15) is 19.5 Å². The molecule has 0 aliphatic carbocycles. The van der Waals surface area contributed by atoms with Gasteiger partial charge >= 0.3 is 11.9 Å². The number of aliphatic hydroxyl groups is 1.